The third kappa shape index (κ3) is 3.25. The van der Waals surface area contributed by atoms with E-state index in [1.165, 1.54) is 0 Å². The molecule has 0 aliphatic rings. The van der Waals surface area contributed by atoms with Crippen molar-refractivity contribution in [3.63, 3.8) is 0 Å². The lowest BCUT2D eigenvalue weighted by molar-refractivity contribution is 0.306. The molecule has 0 spiro atoms. The van der Waals surface area contributed by atoms with E-state index in [0.717, 1.165) is 23.3 Å². The van der Waals surface area contributed by atoms with Gasteiger partial charge >= 0.3 is 0 Å². The monoisotopic (exact) mass is 281 g/mol. The van der Waals surface area contributed by atoms with Crippen molar-refractivity contribution < 1.29 is 9.15 Å². The zero-order valence-electron chi connectivity index (χ0n) is 11.7. The fraction of sp³-hybridized carbons (Fsp3) is 0.188. The molecule has 106 valence electrons. The molecule has 0 atom stereocenters. The molecule has 0 saturated carbocycles. The lowest BCUT2D eigenvalue weighted by Crippen LogP contribution is -1.95. The Balaban J connectivity index is 1.74. The quantitative estimate of drug-likeness (QED) is 0.718. The van der Waals surface area contributed by atoms with Gasteiger partial charge in [-0.3, -0.25) is 4.98 Å². The van der Waals surface area contributed by atoms with E-state index >= 15 is 0 Å². The zero-order valence-corrected chi connectivity index (χ0v) is 11.7. The average Bonchev–Trinajstić information content (AvgIpc) is 3.03. The van der Waals surface area contributed by atoms with Crippen LogP contribution in [0, 0.1) is 0 Å². The minimum absolute atomic E-state index is 0.474. The summed E-state index contributed by atoms with van der Waals surface area (Å²) >= 11 is 0. The lowest BCUT2D eigenvalue weighted by Gasteiger charge is -2.06. The molecule has 2 aromatic heterocycles. The summed E-state index contributed by atoms with van der Waals surface area (Å²) in [6.45, 7) is 2.45. The number of aromatic nitrogens is 3. The maximum absolute atomic E-state index is 5.76. The molecule has 1 aromatic carbocycles. The number of hydrogen-bond donors (Lipinski definition) is 0. The third-order valence-corrected chi connectivity index (χ3v) is 2.98. The number of aryl methyl sites for hydroxylation is 1. The van der Waals surface area contributed by atoms with Gasteiger partial charge in [-0.2, -0.15) is 0 Å². The Hall–Kier alpha value is -2.69. The van der Waals surface area contributed by atoms with Gasteiger partial charge in [0.15, 0.2) is 0 Å². The Morgan fingerprint density at radius 2 is 2.10 bits per heavy atom. The molecule has 0 radical (unpaired) electrons. The molecule has 0 fully saturated rings. The normalized spacial score (nSPS) is 10.5. The number of rotatable bonds is 5. The second kappa shape index (κ2) is 6.17. The van der Waals surface area contributed by atoms with Crippen molar-refractivity contribution in [1.82, 2.24) is 15.2 Å². The van der Waals surface area contributed by atoms with Crippen molar-refractivity contribution in [3.8, 4) is 17.2 Å². The molecular formula is C16H15N3O2. The first kappa shape index (κ1) is 13.3. The molecule has 0 aliphatic carbocycles. The molecule has 3 rings (SSSR count). The van der Waals surface area contributed by atoms with Crippen LogP contribution < -0.4 is 4.74 Å². The highest BCUT2D eigenvalue weighted by Crippen LogP contribution is 2.23. The zero-order chi connectivity index (χ0) is 14.5. The van der Waals surface area contributed by atoms with Crippen molar-refractivity contribution in [3.05, 3.63) is 60.2 Å². The highest BCUT2D eigenvalue weighted by Gasteiger charge is 2.08. The van der Waals surface area contributed by atoms with Crippen LogP contribution in [0.1, 0.15) is 18.4 Å². The first-order chi connectivity index (χ1) is 10.3. The van der Waals surface area contributed by atoms with Crippen molar-refractivity contribution in [2.75, 3.05) is 0 Å². The lowest BCUT2D eigenvalue weighted by atomic mass is 10.2. The Morgan fingerprint density at radius 1 is 1.14 bits per heavy atom. The molecule has 0 aliphatic heterocycles. The third-order valence-electron chi connectivity index (χ3n) is 2.98. The van der Waals surface area contributed by atoms with Crippen molar-refractivity contribution in [2.24, 2.45) is 0 Å². The number of ether oxygens (including phenoxy) is 1. The van der Waals surface area contributed by atoms with Gasteiger partial charge in [-0.25, -0.2) is 0 Å². The molecule has 0 unspecified atom stereocenters. The molecule has 3 aromatic rings. The first-order valence-corrected chi connectivity index (χ1v) is 6.79. The molecule has 0 saturated heterocycles. The molecular weight excluding hydrogens is 266 g/mol. The van der Waals surface area contributed by atoms with E-state index in [-0.39, 0.29) is 0 Å². The molecule has 5 heteroatoms. The highest BCUT2D eigenvalue weighted by atomic mass is 16.5. The van der Waals surface area contributed by atoms with E-state index in [1.807, 2.05) is 43.3 Å². The van der Waals surface area contributed by atoms with Crippen LogP contribution in [-0.4, -0.2) is 15.2 Å². The van der Waals surface area contributed by atoms with Crippen LogP contribution in [0.15, 0.2) is 53.2 Å². The highest BCUT2D eigenvalue weighted by molar-refractivity contribution is 5.55. The topological polar surface area (TPSA) is 61.0 Å². The number of benzene rings is 1. The van der Waals surface area contributed by atoms with E-state index in [4.69, 9.17) is 9.15 Å². The summed E-state index contributed by atoms with van der Waals surface area (Å²) in [4.78, 5) is 4.06. The van der Waals surface area contributed by atoms with Gasteiger partial charge in [-0.15, -0.1) is 10.2 Å². The maximum Gasteiger partial charge on any atom is 0.247 e. The SMILES string of the molecule is CCc1nnc(-c2cccc(OCc3cccnc3)c2)o1. The Labute approximate surface area is 122 Å². The Kier molecular flexibility index (Phi) is 3.91. The van der Waals surface area contributed by atoms with Crippen LogP contribution in [0.4, 0.5) is 0 Å². The van der Waals surface area contributed by atoms with E-state index in [0.29, 0.717) is 18.4 Å². The maximum atomic E-state index is 5.76. The van der Waals surface area contributed by atoms with E-state index in [2.05, 4.69) is 15.2 Å². The van der Waals surface area contributed by atoms with Crippen molar-refractivity contribution in [2.45, 2.75) is 20.0 Å². The smallest absolute Gasteiger partial charge is 0.247 e. The fourth-order valence-electron chi connectivity index (χ4n) is 1.88. The predicted molar refractivity (Wildman–Crippen MR) is 77.7 cm³/mol. The second-order valence-corrected chi connectivity index (χ2v) is 4.53. The number of pyridine rings is 1. The summed E-state index contributed by atoms with van der Waals surface area (Å²) < 4.78 is 11.3. The van der Waals surface area contributed by atoms with Gasteiger partial charge < -0.3 is 9.15 Å². The summed E-state index contributed by atoms with van der Waals surface area (Å²) in [6, 6.07) is 11.5. The molecule has 21 heavy (non-hydrogen) atoms. The molecule has 2 heterocycles. The van der Waals surface area contributed by atoms with Crippen LogP contribution in [0.3, 0.4) is 0 Å². The van der Waals surface area contributed by atoms with Gasteiger partial charge in [0, 0.05) is 29.9 Å². The molecule has 0 amide bonds. The fourth-order valence-corrected chi connectivity index (χ4v) is 1.88. The van der Waals surface area contributed by atoms with Gasteiger partial charge in [0.05, 0.1) is 0 Å². The van der Waals surface area contributed by atoms with E-state index in [9.17, 15) is 0 Å². The number of hydrogen-bond acceptors (Lipinski definition) is 5. The van der Waals surface area contributed by atoms with E-state index < -0.39 is 0 Å². The van der Waals surface area contributed by atoms with Crippen LogP contribution in [0.25, 0.3) is 11.5 Å². The van der Waals surface area contributed by atoms with Gasteiger partial charge in [0.25, 0.3) is 0 Å². The van der Waals surface area contributed by atoms with Crippen LogP contribution in [-0.2, 0) is 13.0 Å². The molecule has 0 bridgehead atoms. The second-order valence-electron chi connectivity index (χ2n) is 4.53. The van der Waals surface area contributed by atoms with E-state index in [1.54, 1.807) is 12.4 Å². The van der Waals surface area contributed by atoms with Gasteiger partial charge in [0.2, 0.25) is 11.8 Å². The van der Waals surface area contributed by atoms with Crippen molar-refractivity contribution in [1.29, 1.82) is 0 Å². The minimum atomic E-state index is 0.474. The standard InChI is InChI=1S/C16H15N3O2/c1-2-15-18-19-16(21-15)13-6-3-7-14(9-13)20-11-12-5-4-8-17-10-12/h3-10H,2,11H2,1H3. The average molecular weight is 281 g/mol. The minimum Gasteiger partial charge on any atom is -0.489 e. The Bertz CT molecular complexity index is 710. The van der Waals surface area contributed by atoms with Crippen LogP contribution in [0.2, 0.25) is 0 Å². The molecule has 0 N–H and O–H groups in total. The molecule has 5 nitrogen and oxygen atoms in total. The first-order valence-electron chi connectivity index (χ1n) is 6.79. The summed E-state index contributed by atoms with van der Waals surface area (Å²) in [7, 11) is 0. The summed E-state index contributed by atoms with van der Waals surface area (Å²) in [5.74, 6) is 1.90. The van der Waals surface area contributed by atoms with Crippen LogP contribution in [0.5, 0.6) is 5.75 Å². The Morgan fingerprint density at radius 3 is 2.86 bits per heavy atom. The summed E-state index contributed by atoms with van der Waals surface area (Å²) in [5, 5.41) is 8.00. The summed E-state index contributed by atoms with van der Waals surface area (Å²) in [5.41, 5.74) is 1.87. The predicted octanol–water partition coefficient (Wildman–Crippen LogP) is 3.27. The van der Waals surface area contributed by atoms with Gasteiger partial charge in [-0.1, -0.05) is 19.1 Å². The van der Waals surface area contributed by atoms with Gasteiger partial charge in [-0.05, 0) is 24.3 Å². The van der Waals surface area contributed by atoms with Gasteiger partial charge in [0.1, 0.15) is 12.4 Å². The van der Waals surface area contributed by atoms with Crippen molar-refractivity contribution >= 4 is 0 Å². The van der Waals surface area contributed by atoms with Crippen LogP contribution >= 0.6 is 0 Å². The number of nitrogens with zero attached hydrogens (tertiary/aromatic N) is 3. The summed E-state index contributed by atoms with van der Waals surface area (Å²) in [6.07, 6.45) is 4.25. The largest absolute Gasteiger partial charge is 0.489 e.